The van der Waals surface area contributed by atoms with Gasteiger partial charge < -0.3 is 5.32 Å². The number of rotatable bonds is 6. The Morgan fingerprint density at radius 3 is 3.06 bits per heavy atom. The van der Waals surface area contributed by atoms with Crippen LogP contribution in [0.1, 0.15) is 6.92 Å². The third kappa shape index (κ3) is 3.71. The summed E-state index contributed by atoms with van der Waals surface area (Å²) in [4.78, 5) is 21.4. The Labute approximate surface area is 98.3 Å². The van der Waals surface area contributed by atoms with Gasteiger partial charge in [0.15, 0.2) is 0 Å². The van der Waals surface area contributed by atoms with Gasteiger partial charge >= 0.3 is 5.69 Å². The largest absolute Gasteiger partial charge is 0.352 e. The Kier molecular flexibility index (Phi) is 4.38. The van der Waals surface area contributed by atoms with Crippen LogP contribution in [0, 0.1) is 16.0 Å². The lowest BCUT2D eigenvalue weighted by Crippen LogP contribution is -2.31. The Balaban J connectivity index is 2.54. The van der Waals surface area contributed by atoms with Crippen molar-refractivity contribution in [2.45, 2.75) is 13.5 Å². The van der Waals surface area contributed by atoms with Crippen LogP contribution in [-0.2, 0) is 11.3 Å². The molecule has 1 unspecified atom stereocenters. The van der Waals surface area contributed by atoms with Crippen LogP contribution in [0.4, 0.5) is 5.69 Å². The molecule has 1 aromatic heterocycles. The van der Waals surface area contributed by atoms with Gasteiger partial charge in [0.2, 0.25) is 5.91 Å². The van der Waals surface area contributed by atoms with E-state index < -0.39 is 4.92 Å². The first-order valence-corrected chi connectivity index (χ1v) is 5.10. The number of hydrogen-bond donors (Lipinski definition) is 1. The molecule has 92 valence electrons. The topological polar surface area (TPSA) is 90.1 Å². The van der Waals surface area contributed by atoms with Crippen LogP contribution >= 0.6 is 0 Å². The molecule has 7 nitrogen and oxygen atoms in total. The average molecular weight is 238 g/mol. The van der Waals surface area contributed by atoms with E-state index in [9.17, 15) is 14.9 Å². The number of amides is 1. The summed E-state index contributed by atoms with van der Waals surface area (Å²) in [6, 6.07) is 0. The zero-order valence-electron chi connectivity index (χ0n) is 9.50. The van der Waals surface area contributed by atoms with E-state index in [0.29, 0.717) is 13.1 Å². The molecular weight excluding hydrogens is 224 g/mol. The molecule has 0 bridgehead atoms. The van der Waals surface area contributed by atoms with Crippen LogP contribution in [-0.4, -0.2) is 27.2 Å². The summed E-state index contributed by atoms with van der Waals surface area (Å²) in [6.07, 6.45) is 4.05. The quantitative estimate of drug-likeness (QED) is 0.449. The van der Waals surface area contributed by atoms with Crippen molar-refractivity contribution < 1.29 is 9.72 Å². The van der Waals surface area contributed by atoms with Gasteiger partial charge in [-0.1, -0.05) is 13.0 Å². The van der Waals surface area contributed by atoms with E-state index in [4.69, 9.17) is 0 Å². The predicted octanol–water partition coefficient (Wildman–Crippen LogP) is 0.730. The Bertz CT molecular complexity index is 427. The lowest BCUT2D eigenvalue weighted by atomic mass is 10.1. The number of aromatic nitrogens is 2. The number of carbonyl (C=O) groups is 1. The van der Waals surface area contributed by atoms with Crippen LogP contribution < -0.4 is 5.32 Å². The van der Waals surface area contributed by atoms with Crippen LogP contribution in [0.2, 0.25) is 0 Å². The minimum atomic E-state index is -0.522. The highest BCUT2D eigenvalue weighted by Gasteiger charge is 2.15. The van der Waals surface area contributed by atoms with Gasteiger partial charge in [-0.3, -0.25) is 19.6 Å². The van der Waals surface area contributed by atoms with Crippen molar-refractivity contribution in [3.8, 4) is 0 Å². The second-order valence-corrected chi connectivity index (χ2v) is 3.61. The maximum Gasteiger partial charge on any atom is 0.306 e. The average Bonchev–Trinajstić information content (AvgIpc) is 2.74. The molecule has 0 aliphatic heterocycles. The molecule has 0 saturated carbocycles. The first kappa shape index (κ1) is 12.9. The lowest BCUT2D eigenvalue weighted by molar-refractivity contribution is -0.385. The first-order chi connectivity index (χ1) is 8.04. The van der Waals surface area contributed by atoms with E-state index in [1.54, 1.807) is 13.0 Å². The summed E-state index contributed by atoms with van der Waals surface area (Å²) in [6.45, 7) is 5.93. The van der Waals surface area contributed by atoms with E-state index in [1.165, 1.54) is 10.9 Å². The van der Waals surface area contributed by atoms with E-state index in [1.807, 2.05) is 0 Å². The zero-order chi connectivity index (χ0) is 12.8. The predicted molar refractivity (Wildman–Crippen MR) is 61.3 cm³/mol. The standard InChI is InChI=1S/C10H14N4O3/c1-3-4-11-10(15)8(2)6-13-7-9(5-12-13)14(16)17/h3,5,7-8H,1,4,6H2,2H3,(H,11,15). The summed E-state index contributed by atoms with van der Waals surface area (Å²) in [5.74, 6) is -0.447. The number of nitrogens with zero attached hydrogens (tertiary/aromatic N) is 3. The van der Waals surface area contributed by atoms with Gasteiger partial charge in [-0.25, -0.2) is 0 Å². The molecule has 0 aliphatic rings. The van der Waals surface area contributed by atoms with E-state index in [2.05, 4.69) is 17.0 Å². The first-order valence-electron chi connectivity index (χ1n) is 5.10. The SMILES string of the molecule is C=CCNC(=O)C(C)Cn1cc([N+](=O)[O-])cn1. The highest BCUT2D eigenvalue weighted by Crippen LogP contribution is 2.09. The molecule has 1 aromatic rings. The van der Waals surface area contributed by atoms with Crippen LogP contribution in [0.3, 0.4) is 0 Å². The number of carbonyl (C=O) groups excluding carboxylic acids is 1. The minimum Gasteiger partial charge on any atom is -0.352 e. The van der Waals surface area contributed by atoms with E-state index in [-0.39, 0.29) is 17.5 Å². The van der Waals surface area contributed by atoms with Gasteiger partial charge in [-0.15, -0.1) is 6.58 Å². The van der Waals surface area contributed by atoms with Gasteiger partial charge in [0, 0.05) is 6.54 Å². The normalized spacial score (nSPS) is 11.8. The van der Waals surface area contributed by atoms with Crippen molar-refractivity contribution in [2.75, 3.05) is 6.54 Å². The zero-order valence-corrected chi connectivity index (χ0v) is 9.50. The highest BCUT2D eigenvalue weighted by molar-refractivity contribution is 5.78. The van der Waals surface area contributed by atoms with Gasteiger partial charge in [-0.05, 0) is 0 Å². The molecule has 0 aliphatic carbocycles. The third-order valence-electron chi connectivity index (χ3n) is 2.16. The fourth-order valence-electron chi connectivity index (χ4n) is 1.26. The van der Waals surface area contributed by atoms with E-state index in [0.717, 1.165) is 6.20 Å². The van der Waals surface area contributed by atoms with E-state index >= 15 is 0 Å². The maximum atomic E-state index is 11.5. The number of nitro groups is 1. The number of nitrogens with one attached hydrogen (secondary N) is 1. The summed E-state index contributed by atoms with van der Waals surface area (Å²) >= 11 is 0. The fourth-order valence-corrected chi connectivity index (χ4v) is 1.26. The van der Waals surface area contributed by atoms with Crippen molar-refractivity contribution in [3.05, 3.63) is 35.2 Å². The number of hydrogen-bond acceptors (Lipinski definition) is 4. The second kappa shape index (κ2) is 5.78. The van der Waals surface area contributed by atoms with Gasteiger partial charge in [0.1, 0.15) is 12.4 Å². The highest BCUT2D eigenvalue weighted by atomic mass is 16.6. The Morgan fingerprint density at radius 2 is 2.53 bits per heavy atom. The second-order valence-electron chi connectivity index (χ2n) is 3.61. The molecule has 7 heteroatoms. The molecule has 0 fully saturated rings. The molecule has 1 heterocycles. The molecule has 1 atom stereocenters. The van der Waals surface area contributed by atoms with Gasteiger partial charge in [0.25, 0.3) is 0 Å². The molecule has 0 aromatic carbocycles. The van der Waals surface area contributed by atoms with Crippen molar-refractivity contribution in [2.24, 2.45) is 5.92 Å². The molecule has 0 spiro atoms. The van der Waals surface area contributed by atoms with Crippen molar-refractivity contribution in [3.63, 3.8) is 0 Å². The summed E-state index contributed by atoms with van der Waals surface area (Å²) in [7, 11) is 0. The van der Waals surface area contributed by atoms with Crippen molar-refractivity contribution >= 4 is 11.6 Å². The smallest absolute Gasteiger partial charge is 0.306 e. The molecule has 1 rings (SSSR count). The molecule has 17 heavy (non-hydrogen) atoms. The molecular formula is C10H14N4O3. The van der Waals surface area contributed by atoms with Crippen molar-refractivity contribution in [1.82, 2.24) is 15.1 Å². The van der Waals surface area contributed by atoms with Crippen molar-refractivity contribution in [1.29, 1.82) is 0 Å². The summed E-state index contributed by atoms with van der Waals surface area (Å²) < 4.78 is 1.39. The monoisotopic (exact) mass is 238 g/mol. The minimum absolute atomic E-state index is 0.0799. The summed E-state index contributed by atoms with van der Waals surface area (Å²) in [5, 5.41) is 16.9. The molecule has 0 radical (unpaired) electrons. The van der Waals surface area contributed by atoms with Crippen LogP contribution in [0.15, 0.2) is 25.0 Å². The maximum absolute atomic E-state index is 11.5. The Morgan fingerprint density at radius 1 is 1.82 bits per heavy atom. The third-order valence-corrected chi connectivity index (χ3v) is 2.16. The van der Waals surface area contributed by atoms with Gasteiger partial charge in [-0.2, -0.15) is 5.10 Å². The molecule has 1 N–H and O–H groups in total. The van der Waals surface area contributed by atoms with Crippen LogP contribution in [0.5, 0.6) is 0 Å². The Hall–Kier alpha value is -2.18. The molecule has 1 amide bonds. The molecule has 0 saturated heterocycles. The van der Waals surface area contributed by atoms with Crippen LogP contribution in [0.25, 0.3) is 0 Å². The van der Waals surface area contributed by atoms with Gasteiger partial charge in [0.05, 0.1) is 17.4 Å². The fraction of sp³-hybridized carbons (Fsp3) is 0.400. The summed E-state index contributed by atoms with van der Waals surface area (Å²) in [5.41, 5.74) is -0.0799. The lowest BCUT2D eigenvalue weighted by Gasteiger charge is -2.10.